The first kappa shape index (κ1) is 10.6. The van der Waals surface area contributed by atoms with Crippen LogP contribution in [0.1, 0.15) is 18.1 Å². The van der Waals surface area contributed by atoms with Crippen molar-refractivity contribution in [3.63, 3.8) is 0 Å². The zero-order valence-corrected chi connectivity index (χ0v) is 10.7. The molecule has 92 valence electrons. The van der Waals surface area contributed by atoms with Gasteiger partial charge in [-0.2, -0.15) is 0 Å². The Labute approximate surface area is 112 Å². The standard InChI is InChI=1S/C17H13NO/c1-11-13-4-8-15(9-5-13)18-14-6-2-12(3-7-14)10-16(11)17(18)19/h2-9H,10H2,1H3/b16-11-. The SMILES string of the molecule is C/C1=C2\Cc3ccc(cc3)N(C2=O)c2ccc1cc2. The molecule has 0 aliphatic carbocycles. The van der Waals surface area contributed by atoms with E-state index in [1.54, 1.807) is 0 Å². The molecule has 0 spiro atoms. The van der Waals surface area contributed by atoms with Crippen molar-refractivity contribution in [1.29, 1.82) is 0 Å². The zero-order valence-electron chi connectivity index (χ0n) is 10.7. The highest BCUT2D eigenvalue weighted by Crippen LogP contribution is 2.36. The van der Waals surface area contributed by atoms with E-state index in [9.17, 15) is 4.79 Å². The van der Waals surface area contributed by atoms with Crippen LogP contribution < -0.4 is 4.90 Å². The summed E-state index contributed by atoms with van der Waals surface area (Å²) in [5, 5.41) is 0. The monoisotopic (exact) mass is 247 g/mol. The predicted octanol–water partition coefficient (Wildman–Crippen LogP) is 3.69. The third-order valence-electron chi connectivity index (χ3n) is 4.05. The van der Waals surface area contributed by atoms with E-state index in [0.717, 1.165) is 28.1 Å². The number of rotatable bonds is 0. The molecule has 0 atom stereocenters. The highest BCUT2D eigenvalue weighted by atomic mass is 16.2. The molecule has 4 aliphatic rings. The number of fused-ring (bicyclic) bond motifs is 4. The number of carbonyl (C=O) groups excluding carboxylic acids is 1. The minimum Gasteiger partial charge on any atom is -0.277 e. The van der Waals surface area contributed by atoms with Gasteiger partial charge < -0.3 is 0 Å². The van der Waals surface area contributed by atoms with E-state index >= 15 is 0 Å². The van der Waals surface area contributed by atoms with Crippen LogP contribution in [0.4, 0.5) is 11.4 Å². The number of nitrogens with zero attached hydrogens (tertiary/aromatic N) is 1. The summed E-state index contributed by atoms with van der Waals surface area (Å²) in [6.07, 6.45) is 0.708. The van der Waals surface area contributed by atoms with Crippen molar-refractivity contribution in [3.8, 4) is 0 Å². The fourth-order valence-corrected chi connectivity index (χ4v) is 2.89. The maximum Gasteiger partial charge on any atom is 0.259 e. The normalized spacial score (nSPS) is 20.1. The summed E-state index contributed by atoms with van der Waals surface area (Å²) in [4.78, 5) is 14.6. The van der Waals surface area contributed by atoms with Gasteiger partial charge in [0.25, 0.3) is 5.91 Å². The molecule has 19 heavy (non-hydrogen) atoms. The fraction of sp³-hybridized carbons (Fsp3) is 0.118. The highest BCUT2D eigenvalue weighted by molar-refractivity contribution is 6.15. The second kappa shape index (κ2) is 3.58. The van der Waals surface area contributed by atoms with Gasteiger partial charge in [-0.1, -0.05) is 24.3 Å². The Kier molecular flexibility index (Phi) is 1.99. The van der Waals surface area contributed by atoms with Crippen LogP contribution in [-0.4, -0.2) is 5.91 Å². The Bertz CT molecular complexity index is 708. The van der Waals surface area contributed by atoms with E-state index in [0.29, 0.717) is 6.42 Å². The second-order valence-corrected chi connectivity index (χ2v) is 5.13. The van der Waals surface area contributed by atoms with Crippen molar-refractivity contribution in [2.75, 3.05) is 4.90 Å². The average molecular weight is 247 g/mol. The average Bonchev–Trinajstić information content (AvgIpc) is 2.43. The van der Waals surface area contributed by atoms with Crippen LogP contribution in [0.15, 0.2) is 54.1 Å². The molecule has 0 saturated heterocycles. The number of carbonyl (C=O) groups is 1. The quantitative estimate of drug-likeness (QED) is 0.695. The molecule has 6 bridgehead atoms. The Hall–Kier alpha value is -2.35. The van der Waals surface area contributed by atoms with E-state index in [1.807, 2.05) is 36.1 Å². The molecule has 0 saturated carbocycles. The lowest BCUT2D eigenvalue weighted by Crippen LogP contribution is -2.31. The lowest BCUT2D eigenvalue weighted by Gasteiger charge is -2.30. The molecule has 6 rings (SSSR count). The van der Waals surface area contributed by atoms with Gasteiger partial charge in [-0.15, -0.1) is 0 Å². The van der Waals surface area contributed by atoms with Crippen molar-refractivity contribution in [1.82, 2.24) is 0 Å². The van der Waals surface area contributed by atoms with E-state index in [4.69, 9.17) is 0 Å². The van der Waals surface area contributed by atoms with Crippen LogP contribution >= 0.6 is 0 Å². The highest BCUT2D eigenvalue weighted by Gasteiger charge is 2.28. The molecule has 1 amide bonds. The molecule has 0 N–H and O–H groups in total. The van der Waals surface area contributed by atoms with Gasteiger partial charge in [0.15, 0.2) is 0 Å². The van der Waals surface area contributed by atoms with Crippen LogP contribution in [0, 0.1) is 0 Å². The van der Waals surface area contributed by atoms with E-state index < -0.39 is 0 Å². The topological polar surface area (TPSA) is 20.3 Å². The van der Waals surface area contributed by atoms with Crippen LogP contribution in [0.5, 0.6) is 0 Å². The molecule has 2 aromatic rings. The second-order valence-electron chi connectivity index (χ2n) is 5.13. The third kappa shape index (κ3) is 1.40. The summed E-state index contributed by atoms with van der Waals surface area (Å²) in [6, 6.07) is 16.5. The van der Waals surface area contributed by atoms with Gasteiger partial charge in [-0.05, 0) is 47.9 Å². The summed E-state index contributed by atoms with van der Waals surface area (Å²) in [6.45, 7) is 2.04. The van der Waals surface area contributed by atoms with Crippen molar-refractivity contribution in [3.05, 3.63) is 65.2 Å². The Balaban J connectivity index is 2.12. The molecule has 0 unspecified atom stereocenters. The van der Waals surface area contributed by atoms with Crippen molar-refractivity contribution in [2.45, 2.75) is 13.3 Å². The van der Waals surface area contributed by atoms with Gasteiger partial charge >= 0.3 is 0 Å². The molecule has 0 fully saturated rings. The van der Waals surface area contributed by atoms with Crippen LogP contribution in [0.25, 0.3) is 5.57 Å². The molecule has 2 aromatic carbocycles. The Morgan fingerprint density at radius 2 is 1.47 bits per heavy atom. The van der Waals surface area contributed by atoms with Gasteiger partial charge in [0.2, 0.25) is 0 Å². The summed E-state index contributed by atoms with van der Waals surface area (Å²) in [5.41, 5.74) is 6.20. The van der Waals surface area contributed by atoms with E-state index in [2.05, 4.69) is 24.3 Å². The zero-order chi connectivity index (χ0) is 13.0. The molecule has 2 heteroatoms. The number of amides is 1. The fourth-order valence-electron chi connectivity index (χ4n) is 2.89. The number of allylic oxidation sites excluding steroid dienone is 1. The largest absolute Gasteiger partial charge is 0.277 e. The van der Waals surface area contributed by atoms with Gasteiger partial charge in [0.1, 0.15) is 0 Å². The number of hydrogen-bond acceptors (Lipinski definition) is 1. The molecule has 0 aromatic heterocycles. The lowest BCUT2D eigenvalue weighted by atomic mass is 9.91. The molecule has 4 heterocycles. The molecule has 4 aliphatic heterocycles. The maximum atomic E-state index is 12.8. The van der Waals surface area contributed by atoms with Gasteiger partial charge in [-0.3, -0.25) is 9.69 Å². The predicted molar refractivity (Wildman–Crippen MR) is 76.3 cm³/mol. The van der Waals surface area contributed by atoms with Crippen molar-refractivity contribution < 1.29 is 4.79 Å². The smallest absolute Gasteiger partial charge is 0.259 e. The molecular formula is C17H13NO. The van der Waals surface area contributed by atoms with Gasteiger partial charge in [-0.25, -0.2) is 0 Å². The summed E-state index contributed by atoms with van der Waals surface area (Å²) < 4.78 is 0. The van der Waals surface area contributed by atoms with Crippen LogP contribution in [0.2, 0.25) is 0 Å². The number of anilines is 2. The van der Waals surface area contributed by atoms with E-state index in [1.165, 1.54) is 5.56 Å². The first-order valence-electron chi connectivity index (χ1n) is 6.47. The minimum absolute atomic E-state index is 0.111. The molecule has 0 radical (unpaired) electrons. The van der Waals surface area contributed by atoms with Gasteiger partial charge in [0.05, 0.1) is 0 Å². The summed E-state index contributed by atoms with van der Waals surface area (Å²) in [7, 11) is 0. The lowest BCUT2D eigenvalue weighted by molar-refractivity contribution is -0.114. The molecule has 2 nitrogen and oxygen atoms in total. The summed E-state index contributed by atoms with van der Waals surface area (Å²) in [5.74, 6) is 0.111. The molecular weight excluding hydrogens is 234 g/mol. The first-order valence-corrected chi connectivity index (χ1v) is 6.47. The Morgan fingerprint density at radius 1 is 0.895 bits per heavy atom. The Morgan fingerprint density at radius 3 is 2.11 bits per heavy atom. The van der Waals surface area contributed by atoms with Crippen LogP contribution in [-0.2, 0) is 11.2 Å². The van der Waals surface area contributed by atoms with E-state index in [-0.39, 0.29) is 5.91 Å². The van der Waals surface area contributed by atoms with Crippen molar-refractivity contribution in [2.24, 2.45) is 0 Å². The van der Waals surface area contributed by atoms with Crippen LogP contribution in [0.3, 0.4) is 0 Å². The third-order valence-corrected chi connectivity index (χ3v) is 4.05. The van der Waals surface area contributed by atoms with Crippen molar-refractivity contribution >= 4 is 22.9 Å². The van der Waals surface area contributed by atoms with Gasteiger partial charge in [0, 0.05) is 23.4 Å². The first-order chi connectivity index (χ1) is 9.24. The summed E-state index contributed by atoms with van der Waals surface area (Å²) >= 11 is 0. The maximum absolute atomic E-state index is 12.8. The minimum atomic E-state index is 0.111. The number of benzene rings is 2. The number of hydrogen-bond donors (Lipinski definition) is 0.